The van der Waals surface area contributed by atoms with Gasteiger partial charge in [-0.3, -0.25) is 0 Å². The van der Waals surface area contributed by atoms with E-state index in [1.807, 2.05) is 13.8 Å². The third-order valence-electron chi connectivity index (χ3n) is 1.56. The molecule has 68 valence electrons. The maximum absolute atomic E-state index is 11.1. The van der Waals surface area contributed by atoms with Gasteiger partial charge >= 0.3 is 78.1 Å². The number of hydrogen-bond donors (Lipinski definition) is 1. The van der Waals surface area contributed by atoms with E-state index in [-0.39, 0.29) is 33.4 Å². The second-order valence-electron chi connectivity index (χ2n) is 2.68. The molecule has 11 heavy (non-hydrogen) atoms. The van der Waals surface area contributed by atoms with E-state index < -0.39 is 0 Å². The fraction of sp³-hybridized carbons (Fsp3) is 0.857. The van der Waals surface area contributed by atoms with Crippen LogP contribution in [-0.2, 0) is 9.53 Å². The molecule has 0 aliphatic carbocycles. The molecule has 0 aliphatic rings. The Balaban J connectivity index is 3.98. The van der Waals surface area contributed by atoms with Crippen LogP contribution in [0.2, 0.25) is 0 Å². The number of carbonyl (C=O) groups excluding carboxylic acids is 1. The first-order valence-electron chi connectivity index (χ1n) is 3.49. The van der Waals surface area contributed by atoms with Crippen molar-refractivity contribution in [1.82, 2.24) is 0 Å². The van der Waals surface area contributed by atoms with Crippen molar-refractivity contribution in [3.63, 3.8) is 0 Å². The fourth-order valence-corrected chi connectivity index (χ4v) is 2.69. The van der Waals surface area contributed by atoms with Crippen LogP contribution in [0.25, 0.3) is 0 Å². The zero-order chi connectivity index (χ0) is 8.85. The Bertz CT molecular complexity index is 128. The molecular weight excluding hydrogens is 257 g/mol. The van der Waals surface area contributed by atoms with Crippen LogP contribution in [0.4, 0.5) is 0 Å². The molecule has 0 radical (unpaired) electrons. The molecule has 0 unspecified atom stereocenters. The number of nitrogens with two attached hydrogens (primary N) is 1. The van der Waals surface area contributed by atoms with Crippen molar-refractivity contribution in [2.75, 3.05) is 11.5 Å². The Morgan fingerprint density at radius 3 is 2.45 bits per heavy atom. The van der Waals surface area contributed by atoms with Gasteiger partial charge in [-0.2, -0.15) is 0 Å². The molecule has 0 aromatic rings. The van der Waals surface area contributed by atoms with Crippen LogP contribution in [0.15, 0.2) is 0 Å². The van der Waals surface area contributed by atoms with Crippen molar-refractivity contribution in [1.29, 1.82) is 0 Å². The summed E-state index contributed by atoms with van der Waals surface area (Å²) in [5.74, 6) is 0.230. The van der Waals surface area contributed by atoms with E-state index in [4.69, 9.17) is 3.95 Å². The van der Waals surface area contributed by atoms with Gasteiger partial charge in [-0.1, -0.05) is 0 Å². The average Bonchev–Trinajstić information content (AvgIpc) is 1.98. The van der Waals surface area contributed by atoms with Gasteiger partial charge in [-0.15, -0.1) is 0 Å². The Hall–Kier alpha value is 0.160. The summed E-state index contributed by atoms with van der Waals surface area (Å²) < 4.78 is 10.9. The predicted octanol–water partition coefficient (Wildman–Crippen LogP) is -2.61. The average molecular weight is 272 g/mol. The number of ether oxygens (including phenoxy) is 1. The SMILES string of the molecule is COC(=O)[C@H](C[I-]N)C(C)C. The monoisotopic (exact) mass is 272 g/mol. The van der Waals surface area contributed by atoms with Crippen molar-refractivity contribution in [3.8, 4) is 0 Å². The minimum absolute atomic E-state index is 0.0119. The summed E-state index contributed by atoms with van der Waals surface area (Å²) in [5, 5.41) is 0. The Morgan fingerprint density at radius 2 is 2.18 bits per heavy atom. The molecule has 0 amide bonds. The molecule has 0 saturated heterocycles. The molecule has 0 aromatic carbocycles. The molecule has 0 fully saturated rings. The van der Waals surface area contributed by atoms with Gasteiger partial charge in [0.05, 0.1) is 0 Å². The molecule has 0 aromatic heterocycles. The third-order valence-corrected chi connectivity index (χ3v) is 3.02. The van der Waals surface area contributed by atoms with Gasteiger partial charge in [0.1, 0.15) is 0 Å². The van der Waals surface area contributed by atoms with E-state index in [0.29, 0.717) is 5.92 Å². The topological polar surface area (TPSA) is 52.3 Å². The molecule has 0 spiro atoms. The second-order valence-corrected chi connectivity index (χ2v) is 4.44. The molecule has 3 nitrogen and oxygen atoms in total. The molecule has 0 aliphatic heterocycles. The van der Waals surface area contributed by atoms with Crippen molar-refractivity contribution in [2.24, 2.45) is 15.8 Å². The number of alkyl halides is 1. The summed E-state index contributed by atoms with van der Waals surface area (Å²) in [5.41, 5.74) is 0. The number of esters is 1. The van der Waals surface area contributed by atoms with Crippen molar-refractivity contribution >= 4 is 5.97 Å². The van der Waals surface area contributed by atoms with E-state index >= 15 is 0 Å². The second kappa shape index (κ2) is 5.77. The third kappa shape index (κ3) is 3.91. The quantitative estimate of drug-likeness (QED) is 0.264. The van der Waals surface area contributed by atoms with Crippen molar-refractivity contribution < 1.29 is 31.0 Å². The Labute approximate surface area is 78.3 Å². The van der Waals surface area contributed by atoms with Crippen LogP contribution in [0, 0.1) is 11.8 Å². The normalized spacial score (nSPS) is 13.5. The van der Waals surface area contributed by atoms with Crippen LogP contribution >= 0.6 is 0 Å². The summed E-state index contributed by atoms with van der Waals surface area (Å²) >= 11 is -0.307. The predicted molar refractivity (Wildman–Crippen MR) is 39.4 cm³/mol. The summed E-state index contributed by atoms with van der Waals surface area (Å²) in [6, 6.07) is 0. The van der Waals surface area contributed by atoms with Gasteiger partial charge in [0, 0.05) is 0 Å². The number of carbonyl (C=O) groups is 1. The van der Waals surface area contributed by atoms with E-state index in [1.165, 1.54) is 7.11 Å². The molecule has 4 heteroatoms. The zero-order valence-corrected chi connectivity index (χ0v) is 9.29. The summed E-state index contributed by atoms with van der Waals surface area (Å²) in [6.07, 6.45) is 0. The molecular formula is C7H15INO2-. The van der Waals surface area contributed by atoms with Gasteiger partial charge in [0.15, 0.2) is 0 Å². The zero-order valence-electron chi connectivity index (χ0n) is 7.13. The Kier molecular flexibility index (Phi) is 5.85. The van der Waals surface area contributed by atoms with E-state index in [0.717, 1.165) is 4.43 Å². The first-order chi connectivity index (χ1) is 5.13. The summed E-state index contributed by atoms with van der Waals surface area (Å²) in [7, 11) is 1.42. The molecule has 0 rings (SSSR count). The van der Waals surface area contributed by atoms with Crippen LogP contribution in [0.1, 0.15) is 13.8 Å². The first kappa shape index (κ1) is 11.2. The molecule has 2 N–H and O–H groups in total. The summed E-state index contributed by atoms with van der Waals surface area (Å²) in [6.45, 7) is 4.03. The van der Waals surface area contributed by atoms with Crippen LogP contribution in [0.5, 0.6) is 0 Å². The van der Waals surface area contributed by atoms with Crippen molar-refractivity contribution in [3.05, 3.63) is 0 Å². The number of halogens is 1. The molecule has 1 atom stereocenters. The van der Waals surface area contributed by atoms with Gasteiger partial charge in [0.2, 0.25) is 0 Å². The fourth-order valence-electron chi connectivity index (χ4n) is 0.761. The minimum atomic E-state index is -0.307. The molecule has 0 saturated carbocycles. The first-order valence-corrected chi connectivity index (χ1v) is 6.26. The molecule has 0 heterocycles. The number of rotatable bonds is 4. The van der Waals surface area contributed by atoms with Gasteiger partial charge in [-0.05, 0) is 0 Å². The number of hydrogen-bond acceptors (Lipinski definition) is 3. The maximum atomic E-state index is 11.1. The van der Waals surface area contributed by atoms with E-state index in [1.54, 1.807) is 0 Å². The summed E-state index contributed by atoms with van der Waals surface area (Å²) in [4.78, 5) is 11.1. The van der Waals surface area contributed by atoms with E-state index in [9.17, 15) is 4.79 Å². The molecule has 0 bridgehead atoms. The van der Waals surface area contributed by atoms with Gasteiger partial charge in [-0.25, -0.2) is 0 Å². The van der Waals surface area contributed by atoms with Gasteiger partial charge < -0.3 is 0 Å². The van der Waals surface area contributed by atoms with Crippen LogP contribution in [-0.4, -0.2) is 17.5 Å². The Morgan fingerprint density at radius 1 is 1.64 bits per heavy atom. The van der Waals surface area contributed by atoms with Gasteiger partial charge in [0.25, 0.3) is 0 Å². The van der Waals surface area contributed by atoms with Crippen LogP contribution in [0.3, 0.4) is 0 Å². The van der Waals surface area contributed by atoms with Crippen molar-refractivity contribution in [2.45, 2.75) is 13.8 Å². The van der Waals surface area contributed by atoms with E-state index in [2.05, 4.69) is 4.74 Å². The number of methoxy groups -OCH3 is 1. The van der Waals surface area contributed by atoms with Crippen LogP contribution < -0.4 is 25.4 Å². The standard InChI is InChI=1S/C7H15INO2/c1-5(2)6(4-8-9)7(10)11-3/h5-6H,4,9H2,1-3H3/q-1/t6-/m1/s1.